The zero-order chi connectivity index (χ0) is 21.3. The minimum atomic E-state index is -0.614. The summed E-state index contributed by atoms with van der Waals surface area (Å²) in [4.78, 5) is 38.5. The summed E-state index contributed by atoms with van der Waals surface area (Å²) in [5.74, 6) is -0.524. The molecule has 1 aromatic carbocycles. The van der Waals surface area contributed by atoms with Crippen molar-refractivity contribution in [2.45, 2.75) is 38.8 Å². The van der Waals surface area contributed by atoms with Gasteiger partial charge in [-0.3, -0.25) is 9.69 Å². The molecule has 0 spiro atoms. The van der Waals surface area contributed by atoms with E-state index in [2.05, 4.69) is 22.5 Å². The summed E-state index contributed by atoms with van der Waals surface area (Å²) in [6.07, 6.45) is 0.0334. The molecule has 0 aromatic heterocycles. The lowest BCUT2D eigenvalue weighted by molar-refractivity contribution is -0.118. The molecule has 0 bridgehead atoms. The van der Waals surface area contributed by atoms with Gasteiger partial charge in [-0.25, -0.2) is 9.59 Å². The zero-order valence-electron chi connectivity index (χ0n) is 16.7. The second-order valence-corrected chi connectivity index (χ2v) is 7.85. The fourth-order valence-corrected chi connectivity index (χ4v) is 3.20. The van der Waals surface area contributed by atoms with E-state index in [4.69, 9.17) is 10.5 Å². The lowest BCUT2D eigenvalue weighted by Gasteiger charge is -2.35. The van der Waals surface area contributed by atoms with Gasteiger partial charge in [0.2, 0.25) is 0 Å². The third-order valence-corrected chi connectivity index (χ3v) is 4.49. The van der Waals surface area contributed by atoms with Crippen molar-refractivity contribution in [2.75, 3.05) is 11.4 Å². The Morgan fingerprint density at radius 3 is 2.66 bits per heavy atom. The van der Waals surface area contributed by atoms with Crippen LogP contribution in [0.2, 0.25) is 0 Å². The molecule has 3 rings (SSSR count). The standard InChI is InChI=1S/C20H25N5O4/c1-11-15(21)16(24-18(27)22-11)17(26)23-13-9-10-25(19(28)29-20(2,3)4)14-8-6-5-7-12(13)14/h5-8,13H,1,9-10,21H2,2-4H3,(H,23,26)(H2,22,24,27). The monoisotopic (exact) mass is 399 g/mol. The SMILES string of the molecule is C=C1NC(=O)NC(C(=O)NC2CCN(C(=O)OC(C)(C)C)c3ccccc32)=C1N. The minimum absolute atomic E-state index is 0.0502. The Labute approximate surface area is 168 Å². The predicted octanol–water partition coefficient (Wildman–Crippen LogP) is 1.99. The van der Waals surface area contributed by atoms with E-state index < -0.39 is 23.6 Å². The smallest absolute Gasteiger partial charge is 0.414 e. The molecule has 0 radical (unpaired) electrons. The van der Waals surface area contributed by atoms with E-state index in [9.17, 15) is 14.4 Å². The number of para-hydroxylation sites is 1. The van der Waals surface area contributed by atoms with Gasteiger partial charge in [-0.1, -0.05) is 24.8 Å². The highest BCUT2D eigenvalue weighted by atomic mass is 16.6. The first-order valence-electron chi connectivity index (χ1n) is 9.24. The third-order valence-electron chi connectivity index (χ3n) is 4.49. The lowest BCUT2D eigenvalue weighted by atomic mass is 9.96. The maximum absolute atomic E-state index is 12.7. The first kappa shape index (κ1) is 20.2. The van der Waals surface area contributed by atoms with Crippen LogP contribution < -0.4 is 26.6 Å². The van der Waals surface area contributed by atoms with Gasteiger partial charge in [-0.15, -0.1) is 0 Å². The van der Waals surface area contributed by atoms with Crippen LogP contribution >= 0.6 is 0 Å². The van der Waals surface area contributed by atoms with Crippen molar-refractivity contribution >= 4 is 23.7 Å². The number of urea groups is 1. The molecule has 1 unspecified atom stereocenters. The van der Waals surface area contributed by atoms with Crippen molar-refractivity contribution in [2.24, 2.45) is 5.73 Å². The van der Waals surface area contributed by atoms with Crippen molar-refractivity contribution in [1.82, 2.24) is 16.0 Å². The van der Waals surface area contributed by atoms with Crippen molar-refractivity contribution in [1.29, 1.82) is 0 Å². The summed E-state index contributed by atoms with van der Waals surface area (Å²) in [5, 5.41) is 7.70. The van der Waals surface area contributed by atoms with Gasteiger partial charge in [0, 0.05) is 6.54 Å². The Morgan fingerprint density at radius 1 is 1.28 bits per heavy atom. The van der Waals surface area contributed by atoms with Crippen LogP contribution in [0.3, 0.4) is 0 Å². The van der Waals surface area contributed by atoms with Crippen LogP contribution in [0.4, 0.5) is 15.3 Å². The second-order valence-electron chi connectivity index (χ2n) is 7.85. The quantitative estimate of drug-likeness (QED) is 0.605. The molecule has 2 heterocycles. The number of fused-ring (bicyclic) bond motifs is 1. The molecular weight excluding hydrogens is 374 g/mol. The Morgan fingerprint density at radius 2 is 1.97 bits per heavy atom. The summed E-state index contributed by atoms with van der Waals surface area (Å²) < 4.78 is 5.49. The van der Waals surface area contributed by atoms with Gasteiger partial charge in [0.05, 0.1) is 23.1 Å². The summed E-state index contributed by atoms with van der Waals surface area (Å²) >= 11 is 0. The van der Waals surface area contributed by atoms with Crippen LogP contribution in [0.25, 0.3) is 0 Å². The van der Waals surface area contributed by atoms with Crippen molar-refractivity contribution in [3.8, 4) is 0 Å². The molecule has 2 aliphatic heterocycles. The molecule has 1 aromatic rings. The topological polar surface area (TPSA) is 126 Å². The number of nitrogens with two attached hydrogens (primary N) is 1. The molecule has 0 aliphatic carbocycles. The number of rotatable bonds is 2. The first-order chi connectivity index (χ1) is 13.6. The molecule has 29 heavy (non-hydrogen) atoms. The van der Waals surface area contributed by atoms with Crippen molar-refractivity contribution in [3.05, 3.63) is 53.5 Å². The number of ether oxygens (including phenoxy) is 1. The maximum Gasteiger partial charge on any atom is 0.414 e. The Kier molecular flexibility index (Phi) is 5.23. The van der Waals surface area contributed by atoms with E-state index in [1.165, 1.54) is 0 Å². The van der Waals surface area contributed by atoms with E-state index >= 15 is 0 Å². The summed E-state index contributed by atoms with van der Waals surface area (Å²) in [5.41, 5.74) is 6.89. The zero-order valence-corrected chi connectivity index (χ0v) is 16.7. The normalized spacial score (nSPS) is 19.1. The fraction of sp³-hybridized carbons (Fsp3) is 0.350. The van der Waals surface area contributed by atoms with Gasteiger partial charge in [-0.05, 0) is 38.8 Å². The van der Waals surface area contributed by atoms with Crippen LogP contribution in [-0.4, -0.2) is 30.2 Å². The fourth-order valence-electron chi connectivity index (χ4n) is 3.20. The van der Waals surface area contributed by atoms with E-state index in [1.54, 1.807) is 11.0 Å². The highest BCUT2D eigenvalue weighted by Gasteiger charge is 2.33. The second kappa shape index (κ2) is 7.50. The molecular formula is C20H25N5O4. The molecule has 1 atom stereocenters. The van der Waals surface area contributed by atoms with E-state index in [-0.39, 0.29) is 23.1 Å². The number of benzene rings is 1. The van der Waals surface area contributed by atoms with Crippen molar-refractivity contribution in [3.63, 3.8) is 0 Å². The molecule has 4 amide bonds. The lowest BCUT2D eigenvalue weighted by Crippen LogP contribution is -2.48. The average molecular weight is 399 g/mol. The van der Waals surface area contributed by atoms with E-state index in [1.807, 2.05) is 39.0 Å². The summed E-state index contributed by atoms with van der Waals surface area (Å²) in [6.45, 7) is 9.42. The van der Waals surface area contributed by atoms with Crippen LogP contribution in [0.1, 0.15) is 38.8 Å². The third kappa shape index (κ3) is 4.34. The highest BCUT2D eigenvalue weighted by molar-refractivity contribution is 6.00. The average Bonchev–Trinajstić information content (AvgIpc) is 2.63. The summed E-state index contributed by atoms with van der Waals surface area (Å²) in [6, 6.07) is 6.36. The largest absolute Gasteiger partial charge is 0.443 e. The molecule has 0 saturated carbocycles. The van der Waals surface area contributed by atoms with Crippen LogP contribution in [0.5, 0.6) is 0 Å². The van der Waals surface area contributed by atoms with Gasteiger partial charge < -0.3 is 26.4 Å². The van der Waals surface area contributed by atoms with Crippen LogP contribution in [0, 0.1) is 0 Å². The van der Waals surface area contributed by atoms with E-state index in [0.29, 0.717) is 18.7 Å². The van der Waals surface area contributed by atoms with Gasteiger partial charge in [-0.2, -0.15) is 0 Å². The van der Waals surface area contributed by atoms with Gasteiger partial charge in [0.15, 0.2) is 0 Å². The molecule has 154 valence electrons. The molecule has 0 fully saturated rings. The molecule has 2 aliphatic rings. The van der Waals surface area contributed by atoms with Crippen LogP contribution in [-0.2, 0) is 9.53 Å². The van der Waals surface area contributed by atoms with Gasteiger partial charge in [0.1, 0.15) is 11.3 Å². The minimum Gasteiger partial charge on any atom is -0.443 e. The molecule has 9 heteroatoms. The number of nitrogens with zero attached hydrogens (tertiary/aromatic N) is 1. The molecule has 9 nitrogen and oxygen atoms in total. The highest BCUT2D eigenvalue weighted by Crippen LogP contribution is 2.34. The number of hydrogen-bond acceptors (Lipinski definition) is 5. The van der Waals surface area contributed by atoms with E-state index in [0.717, 1.165) is 5.56 Å². The molecule has 0 saturated heterocycles. The van der Waals surface area contributed by atoms with Crippen molar-refractivity contribution < 1.29 is 19.1 Å². The Balaban J connectivity index is 1.83. The van der Waals surface area contributed by atoms with Crippen LogP contribution in [0.15, 0.2) is 47.9 Å². The number of amides is 4. The maximum atomic E-state index is 12.7. The number of carbonyl (C=O) groups is 3. The molecule has 5 N–H and O–H groups in total. The Bertz CT molecular complexity index is 916. The first-order valence-corrected chi connectivity index (χ1v) is 9.24. The van der Waals surface area contributed by atoms with Gasteiger partial charge >= 0.3 is 12.1 Å². The summed E-state index contributed by atoms with van der Waals surface area (Å²) in [7, 11) is 0. The number of carbonyl (C=O) groups excluding carboxylic acids is 3. The number of nitrogens with one attached hydrogen (secondary N) is 3. The van der Waals surface area contributed by atoms with Gasteiger partial charge in [0.25, 0.3) is 5.91 Å². The number of hydrogen-bond donors (Lipinski definition) is 4. The predicted molar refractivity (Wildman–Crippen MR) is 108 cm³/mol. The number of anilines is 1. The Hall–Kier alpha value is -3.49.